The Hall–Kier alpha value is -1.37. The molecular formula is C19H29N3O2S. The second-order valence-corrected chi connectivity index (χ2v) is 10.0. The van der Waals surface area contributed by atoms with E-state index in [1.54, 1.807) is 0 Å². The van der Waals surface area contributed by atoms with Crippen LogP contribution >= 0.6 is 0 Å². The third kappa shape index (κ3) is 4.63. The van der Waals surface area contributed by atoms with Crippen molar-refractivity contribution in [1.82, 2.24) is 14.6 Å². The van der Waals surface area contributed by atoms with Crippen molar-refractivity contribution in [3.05, 3.63) is 35.5 Å². The average Bonchev–Trinajstić information content (AvgIpc) is 3.03. The van der Waals surface area contributed by atoms with Crippen LogP contribution in [0.5, 0.6) is 0 Å². The molecule has 1 aromatic heterocycles. The minimum Gasteiger partial charge on any atom is -0.361 e. The van der Waals surface area contributed by atoms with E-state index in [2.05, 4.69) is 27.9 Å². The quantitative estimate of drug-likeness (QED) is 0.858. The number of fused-ring (bicyclic) bond motifs is 1. The summed E-state index contributed by atoms with van der Waals surface area (Å²) >= 11 is 0. The van der Waals surface area contributed by atoms with Crippen LogP contribution in [0, 0.1) is 0 Å². The number of H-pyrrole nitrogens is 1. The van der Waals surface area contributed by atoms with Gasteiger partial charge in [-0.3, -0.25) is 0 Å². The van der Waals surface area contributed by atoms with Gasteiger partial charge in [0.05, 0.1) is 5.75 Å². The van der Waals surface area contributed by atoms with Crippen LogP contribution in [-0.2, 0) is 22.2 Å². The largest absolute Gasteiger partial charge is 0.361 e. The zero-order valence-electron chi connectivity index (χ0n) is 15.6. The molecule has 25 heavy (non-hydrogen) atoms. The number of sulfonamides is 1. The summed E-state index contributed by atoms with van der Waals surface area (Å²) in [5.74, 6) is 0.00810. The number of aromatic amines is 1. The highest BCUT2D eigenvalue weighted by Gasteiger charge is 2.23. The standard InChI is InChI=1S/C19H29N3O2S/c1-19(2,3)21-25(23,24)13-14-7-8-18-17(10-14)15(12-20-18)11-16-6-5-9-22(16)4/h7-8,10,12,16,20-21H,5-6,9,11,13H2,1-4H3. The van der Waals surface area contributed by atoms with Crippen molar-refractivity contribution in [1.29, 1.82) is 0 Å². The van der Waals surface area contributed by atoms with Gasteiger partial charge in [-0.05, 0) is 76.9 Å². The number of hydrogen-bond acceptors (Lipinski definition) is 3. The Morgan fingerprint density at radius 2 is 2.08 bits per heavy atom. The van der Waals surface area contributed by atoms with Crippen LogP contribution in [0.15, 0.2) is 24.4 Å². The summed E-state index contributed by atoms with van der Waals surface area (Å²) in [5, 5.41) is 1.14. The van der Waals surface area contributed by atoms with Gasteiger partial charge in [0.1, 0.15) is 0 Å². The molecule has 0 amide bonds. The van der Waals surface area contributed by atoms with Crippen LogP contribution < -0.4 is 4.72 Å². The van der Waals surface area contributed by atoms with Crippen LogP contribution in [0.4, 0.5) is 0 Å². The molecule has 1 aromatic carbocycles. The number of aromatic nitrogens is 1. The second-order valence-electron chi connectivity index (χ2n) is 8.29. The number of nitrogens with zero attached hydrogens (tertiary/aromatic N) is 1. The predicted octanol–water partition coefficient (Wildman–Crippen LogP) is 3.02. The van der Waals surface area contributed by atoms with Crippen LogP contribution in [-0.4, -0.2) is 43.5 Å². The Kier molecular flexibility index (Phi) is 4.97. The molecule has 0 radical (unpaired) electrons. The van der Waals surface area contributed by atoms with E-state index in [1.165, 1.54) is 18.4 Å². The first kappa shape index (κ1) is 18.4. The summed E-state index contributed by atoms with van der Waals surface area (Å²) in [6.45, 7) is 6.73. The molecule has 1 aliphatic heterocycles. The summed E-state index contributed by atoms with van der Waals surface area (Å²) < 4.78 is 27.5. The van der Waals surface area contributed by atoms with Crippen molar-refractivity contribution in [3.8, 4) is 0 Å². The number of nitrogens with one attached hydrogen (secondary N) is 2. The molecule has 0 spiro atoms. The molecule has 1 unspecified atom stereocenters. The Labute approximate surface area is 150 Å². The smallest absolute Gasteiger partial charge is 0.216 e. The maximum absolute atomic E-state index is 12.4. The normalized spacial score (nSPS) is 19.8. The van der Waals surface area contributed by atoms with Gasteiger partial charge in [0, 0.05) is 28.7 Å². The third-order valence-electron chi connectivity index (χ3n) is 4.78. The van der Waals surface area contributed by atoms with E-state index in [-0.39, 0.29) is 5.75 Å². The van der Waals surface area contributed by atoms with Gasteiger partial charge in [-0.2, -0.15) is 0 Å². The molecule has 138 valence electrons. The first-order valence-electron chi connectivity index (χ1n) is 8.94. The number of benzene rings is 1. The third-order valence-corrected chi connectivity index (χ3v) is 6.41. The molecule has 3 rings (SSSR count). The Bertz CT molecular complexity index is 849. The van der Waals surface area contributed by atoms with E-state index in [9.17, 15) is 8.42 Å². The molecule has 0 aliphatic carbocycles. The van der Waals surface area contributed by atoms with E-state index in [1.807, 2.05) is 39.0 Å². The SMILES string of the molecule is CN1CCCC1Cc1c[nH]c2ccc(CS(=O)(=O)NC(C)(C)C)cc12. The lowest BCUT2D eigenvalue weighted by Crippen LogP contribution is -2.41. The van der Waals surface area contributed by atoms with Crippen molar-refractivity contribution in [3.63, 3.8) is 0 Å². The van der Waals surface area contributed by atoms with Crippen LogP contribution in [0.3, 0.4) is 0 Å². The highest BCUT2D eigenvalue weighted by molar-refractivity contribution is 7.88. The molecular weight excluding hydrogens is 334 g/mol. The molecule has 6 heteroatoms. The maximum Gasteiger partial charge on any atom is 0.216 e. The maximum atomic E-state index is 12.4. The molecule has 1 atom stereocenters. The molecule has 2 heterocycles. The first-order valence-corrected chi connectivity index (χ1v) is 10.6. The first-order chi connectivity index (χ1) is 11.6. The Balaban J connectivity index is 1.83. The summed E-state index contributed by atoms with van der Waals surface area (Å²) in [6.07, 6.45) is 5.56. The summed E-state index contributed by atoms with van der Waals surface area (Å²) in [4.78, 5) is 5.74. The summed E-state index contributed by atoms with van der Waals surface area (Å²) in [7, 11) is -1.17. The van der Waals surface area contributed by atoms with Crippen molar-refractivity contribution in [2.75, 3.05) is 13.6 Å². The lowest BCUT2D eigenvalue weighted by Gasteiger charge is -2.20. The van der Waals surface area contributed by atoms with Gasteiger partial charge >= 0.3 is 0 Å². The monoisotopic (exact) mass is 363 g/mol. The topological polar surface area (TPSA) is 65.2 Å². The van der Waals surface area contributed by atoms with E-state index in [0.717, 1.165) is 29.4 Å². The average molecular weight is 364 g/mol. The van der Waals surface area contributed by atoms with Gasteiger partial charge in [0.25, 0.3) is 0 Å². The van der Waals surface area contributed by atoms with E-state index >= 15 is 0 Å². The number of rotatable bonds is 5. The molecule has 1 fully saturated rings. The highest BCUT2D eigenvalue weighted by Crippen LogP contribution is 2.26. The van der Waals surface area contributed by atoms with Gasteiger partial charge in [-0.25, -0.2) is 13.1 Å². The lowest BCUT2D eigenvalue weighted by molar-refractivity contribution is 0.310. The van der Waals surface area contributed by atoms with Crippen LogP contribution in [0.2, 0.25) is 0 Å². The van der Waals surface area contributed by atoms with E-state index < -0.39 is 15.6 Å². The van der Waals surface area contributed by atoms with Crippen molar-refractivity contribution in [2.45, 2.75) is 57.4 Å². The number of likely N-dealkylation sites (N-methyl/N-ethyl adjacent to an activating group) is 1. The second kappa shape index (κ2) is 6.74. The fraction of sp³-hybridized carbons (Fsp3) is 0.579. The van der Waals surface area contributed by atoms with Crippen molar-refractivity contribution >= 4 is 20.9 Å². The van der Waals surface area contributed by atoms with Crippen LogP contribution in [0.25, 0.3) is 10.9 Å². The number of hydrogen-bond donors (Lipinski definition) is 2. The minimum atomic E-state index is -3.36. The highest BCUT2D eigenvalue weighted by atomic mass is 32.2. The fourth-order valence-corrected chi connectivity index (χ4v) is 5.32. The molecule has 1 aliphatic rings. The number of likely N-dealkylation sites (tertiary alicyclic amines) is 1. The van der Waals surface area contributed by atoms with E-state index in [0.29, 0.717) is 6.04 Å². The van der Waals surface area contributed by atoms with Gasteiger partial charge in [-0.1, -0.05) is 6.07 Å². The van der Waals surface area contributed by atoms with Crippen LogP contribution in [0.1, 0.15) is 44.7 Å². The predicted molar refractivity (Wildman–Crippen MR) is 103 cm³/mol. The summed E-state index contributed by atoms with van der Waals surface area (Å²) in [5.41, 5.74) is 2.71. The van der Waals surface area contributed by atoms with E-state index in [4.69, 9.17) is 0 Å². The van der Waals surface area contributed by atoms with Gasteiger partial charge in [0.2, 0.25) is 10.0 Å². The Morgan fingerprint density at radius 3 is 2.72 bits per heavy atom. The molecule has 1 saturated heterocycles. The zero-order chi connectivity index (χ0) is 18.2. The van der Waals surface area contributed by atoms with Gasteiger partial charge in [-0.15, -0.1) is 0 Å². The fourth-order valence-electron chi connectivity index (χ4n) is 3.70. The molecule has 5 nitrogen and oxygen atoms in total. The summed E-state index contributed by atoms with van der Waals surface area (Å²) in [6, 6.07) is 6.48. The van der Waals surface area contributed by atoms with Gasteiger partial charge in [0.15, 0.2) is 0 Å². The molecule has 0 saturated carbocycles. The molecule has 2 N–H and O–H groups in total. The molecule has 0 bridgehead atoms. The zero-order valence-corrected chi connectivity index (χ0v) is 16.4. The lowest BCUT2D eigenvalue weighted by atomic mass is 10.0. The van der Waals surface area contributed by atoms with Gasteiger partial charge < -0.3 is 9.88 Å². The van der Waals surface area contributed by atoms with Crippen molar-refractivity contribution in [2.24, 2.45) is 0 Å². The molecule has 2 aromatic rings. The Morgan fingerprint density at radius 1 is 1.32 bits per heavy atom. The minimum absolute atomic E-state index is 0.00810. The van der Waals surface area contributed by atoms with Crippen molar-refractivity contribution < 1.29 is 8.42 Å².